The minimum atomic E-state index is -0.704. The molecule has 1 aromatic heterocycles. The monoisotopic (exact) mass is 360 g/mol. The maximum absolute atomic E-state index is 12.9. The van der Waals surface area contributed by atoms with Crippen LogP contribution >= 0.6 is 0 Å². The molecule has 3 aromatic rings. The quantitative estimate of drug-likeness (QED) is 0.650. The van der Waals surface area contributed by atoms with E-state index in [1.807, 2.05) is 0 Å². The number of rotatable bonds is 4. The zero-order valence-corrected chi connectivity index (χ0v) is 14.2. The van der Waals surface area contributed by atoms with E-state index in [-0.39, 0.29) is 51.0 Å². The minimum absolute atomic E-state index is 0.0347. The lowest BCUT2D eigenvalue weighted by Gasteiger charge is -2.14. The first-order chi connectivity index (χ1) is 12.4. The molecule has 1 heterocycles. The van der Waals surface area contributed by atoms with E-state index in [1.54, 1.807) is 0 Å². The van der Waals surface area contributed by atoms with Crippen molar-refractivity contribution in [3.05, 3.63) is 34.5 Å². The van der Waals surface area contributed by atoms with Gasteiger partial charge in [-0.25, -0.2) is 0 Å². The van der Waals surface area contributed by atoms with Gasteiger partial charge in [-0.2, -0.15) is 0 Å². The van der Waals surface area contributed by atoms with Gasteiger partial charge in [0.05, 0.1) is 21.3 Å². The molecule has 0 spiro atoms. The Balaban J connectivity index is 2.49. The Hall–Kier alpha value is -3.55. The highest BCUT2D eigenvalue weighted by Gasteiger charge is 2.26. The fourth-order valence-corrected chi connectivity index (χ4v) is 2.74. The van der Waals surface area contributed by atoms with Crippen molar-refractivity contribution < 1.29 is 33.9 Å². The third-order valence-electron chi connectivity index (χ3n) is 3.91. The van der Waals surface area contributed by atoms with Gasteiger partial charge in [-0.1, -0.05) is 6.07 Å². The van der Waals surface area contributed by atoms with Gasteiger partial charge in [-0.3, -0.25) is 4.79 Å². The molecule has 3 N–H and O–H groups in total. The largest absolute Gasteiger partial charge is 0.507 e. The average molecular weight is 360 g/mol. The van der Waals surface area contributed by atoms with E-state index in [1.165, 1.54) is 45.6 Å². The summed E-state index contributed by atoms with van der Waals surface area (Å²) >= 11 is 0. The first-order valence-corrected chi connectivity index (χ1v) is 7.44. The number of fused-ring (bicyclic) bond motifs is 1. The van der Waals surface area contributed by atoms with Crippen LogP contribution in [-0.4, -0.2) is 36.6 Å². The molecule has 0 radical (unpaired) electrons. The van der Waals surface area contributed by atoms with Crippen LogP contribution in [0.3, 0.4) is 0 Å². The van der Waals surface area contributed by atoms with Crippen LogP contribution in [0, 0.1) is 0 Å². The van der Waals surface area contributed by atoms with Crippen LogP contribution in [0.15, 0.2) is 33.5 Å². The number of ether oxygens (including phenoxy) is 3. The van der Waals surface area contributed by atoms with Crippen molar-refractivity contribution in [3.63, 3.8) is 0 Å². The van der Waals surface area contributed by atoms with Crippen molar-refractivity contribution in [3.8, 4) is 45.8 Å². The molecule has 0 aliphatic rings. The van der Waals surface area contributed by atoms with Crippen molar-refractivity contribution in [1.82, 2.24) is 0 Å². The second kappa shape index (κ2) is 6.40. The number of aromatic hydroxyl groups is 3. The van der Waals surface area contributed by atoms with Crippen LogP contribution in [0.4, 0.5) is 0 Å². The highest BCUT2D eigenvalue weighted by atomic mass is 16.5. The summed E-state index contributed by atoms with van der Waals surface area (Å²) in [4.78, 5) is 12.9. The van der Waals surface area contributed by atoms with Gasteiger partial charge in [0, 0.05) is 6.07 Å². The molecule has 2 aromatic carbocycles. The predicted octanol–water partition coefficient (Wildman–Crippen LogP) is 2.60. The van der Waals surface area contributed by atoms with Crippen molar-refractivity contribution in [2.24, 2.45) is 0 Å². The molecule has 0 fully saturated rings. The molecule has 0 unspecified atom stereocenters. The van der Waals surface area contributed by atoms with Crippen molar-refractivity contribution in [1.29, 1.82) is 0 Å². The van der Waals surface area contributed by atoms with Gasteiger partial charge in [0.15, 0.2) is 17.3 Å². The zero-order chi connectivity index (χ0) is 19.0. The number of hydrogen-bond donors (Lipinski definition) is 3. The fourth-order valence-electron chi connectivity index (χ4n) is 2.74. The molecule has 0 atom stereocenters. The number of methoxy groups -OCH3 is 3. The van der Waals surface area contributed by atoms with E-state index >= 15 is 0 Å². The second-order valence-corrected chi connectivity index (χ2v) is 5.30. The Bertz CT molecular complexity index is 1030. The minimum Gasteiger partial charge on any atom is -0.507 e. The molecular formula is C18H16O8. The normalized spacial score (nSPS) is 10.7. The first kappa shape index (κ1) is 17.3. The molecule has 8 heteroatoms. The summed E-state index contributed by atoms with van der Waals surface area (Å²) in [5, 5.41) is 30.4. The smallest absolute Gasteiger partial charge is 0.239 e. The molecule has 136 valence electrons. The van der Waals surface area contributed by atoms with Gasteiger partial charge < -0.3 is 33.9 Å². The Morgan fingerprint density at radius 1 is 0.923 bits per heavy atom. The fraction of sp³-hybridized carbons (Fsp3) is 0.167. The lowest BCUT2D eigenvalue weighted by molar-refractivity contribution is 0.334. The van der Waals surface area contributed by atoms with E-state index in [2.05, 4.69) is 0 Å². The van der Waals surface area contributed by atoms with Crippen molar-refractivity contribution in [2.75, 3.05) is 21.3 Å². The summed E-state index contributed by atoms with van der Waals surface area (Å²) in [6.45, 7) is 0. The van der Waals surface area contributed by atoms with Gasteiger partial charge in [0.2, 0.25) is 16.9 Å². The molecule has 26 heavy (non-hydrogen) atoms. The maximum Gasteiger partial charge on any atom is 0.239 e. The van der Waals surface area contributed by atoms with Gasteiger partial charge in [0.1, 0.15) is 28.0 Å². The molecular weight excluding hydrogens is 344 g/mol. The lowest BCUT2D eigenvalue weighted by atomic mass is 10.1. The Morgan fingerprint density at radius 2 is 1.54 bits per heavy atom. The SMILES string of the molecule is COc1cc2oc(-c3c(O)cccc3O)c(OC)c(=O)c2c(O)c1OC. The van der Waals surface area contributed by atoms with Crippen LogP contribution in [-0.2, 0) is 0 Å². The molecule has 3 rings (SSSR count). The summed E-state index contributed by atoms with van der Waals surface area (Å²) in [7, 11) is 3.91. The van der Waals surface area contributed by atoms with E-state index in [9.17, 15) is 20.1 Å². The Labute approximate surface area is 147 Å². The van der Waals surface area contributed by atoms with Gasteiger partial charge in [-0.05, 0) is 12.1 Å². The van der Waals surface area contributed by atoms with Crippen molar-refractivity contribution >= 4 is 11.0 Å². The van der Waals surface area contributed by atoms with Crippen LogP contribution < -0.4 is 19.6 Å². The average Bonchev–Trinajstić information content (AvgIpc) is 2.61. The highest BCUT2D eigenvalue weighted by Crippen LogP contribution is 2.46. The molecule has 0 saturated carbocycles. The number of phenolic OH excluding ortho intramolecular Hbond substituents is 3. The molecule has 0 aliphatic heterocycles. The number of benzene rings is 2. The van der Waals surface area contributed by atoms with E-state index < -0.39 is 11.2 Å². The molecule has 0 saturated heterocycles. The van der Waals surface area contributed by atoms with Crippen LogP contribution in [0.25, 0.3) is 22.3 Å². The Kier molecular flexibility index (Phi) is 4.25. The topological polar surface area (TPSA) is 119 Å². The highest BCUT2D eigenvalue weighted by molar-refractivity contribution is 5.92. The summed E-state index contributed by atoms with van der Waals surface area (Å²) < 4.78 is 21.0. The molecule has 0 aliphatic carbocycles. The molecule has 0 bridgehead atoms. The van der Waals surface area contributed by atoms with Crippen LogP contribution in [0.5, 0.6) is 34.5 Å². The Morgan fingerprint density at radius 3 is 2.08 bits per heavy atom. The van der Waals surface area contributed by atoms with Gasteiger partial charge >= 0.3 is 0 Å². The first-order valence-electron chi connectivity index (χ1n) is 7.44. The lowest BCUT2D eigenvalue weighted by Crippen LogP contribution is -2.08. The maximum atomic E-state index is 12.9. The standard InChI is InChI=1S/C18H16O8/c1-23-11-7-10-13(14(21)16(11)24-2)15(22)18(25-3)17(26-10)12-8(19)5-4-6-9(12)20/h4-7,19-21H,1-3H3. The predicted molar refractivity (Wildman–Crippen MR) is 92.6 cm³/mol. The summed E-state index contributed by atoms with van der Waals surface area (Å²) in [6, 6.07) is 5.43. The summed E-state index contributed by atoms with van der Waals surface area (Å²) in [5.74, 6) is -1.47. The van der Waals surface area contributed by atoms with Crippen LogP contribution in [0.2, 0.25) is 0 Å². The second-order valence-electron chi connectivity index (χ2n) is 5.30. The summed E-state index contributed by atoms with van der Waals surface area (Å²) in [5.41, 5.74) is -0.855. The van der Waals surface area contributed by atoms with Gasteiger partial charge in [-0.15, -0.1) is 0 Å². The van der Waals surface area contributed by atoms with E-state index in [0.717, 1.165) is 0 Å². The summed E-state index contributed by atoms with van der Waals surface area (Å²) in [6.07, 6.45) is 0. The van der Waals surface area contributed by atoms with E-state index in [0.29, 0.717) is 0 Å². The molecule has 8 nitrogen and oxygen atoms in total. The van der Waals surface area contributed by atoms with Crippen LogP contribution in [0.1, 0.15) is 0 Å². The number of phenols is 3. The molecule has 0 amide bonds. The third-order valence-corrected chi connectivity index (χ3v) is 3.91. The van der Waals surface area contributed by atoms with Crippen molar-refractivity contribution in [2.45, 2.75) is 0 Å². The number of hydrogen-bond acceptors (Lipinski definition) is 8. The third kappa shape index (κ3) is 2.43. The zero-order valence-electron chi connectivity index (χ0n) is 14.2. The van der Waals surface area contributed by atoms with Gasteiger partial charge in [0.25, 0.3) is 0 Å². The van der Waals surface area contributed by atoms with E-state index in [4.69, 9.17) is 18.6 Å².